The Bertz CT molecular complexity index is 659. The molecule has 21 heavy (non-hydrogen) atoms. The lowest BCUT2D eigenvalue weighted by atomic mass is 10.2. The highest BCUT2D eigenvalue weighted by atomic mass is 35.5. The Morgan fingerprint density at radius 3 is 2.86 bits per heavy atom. The van der Waals surface area contributed by atoms with Gasteiger partial charge in [0.05, 0.1) is 6.21 Å². The topological polar surface area (TPSA) is 70.9 Å². The van der Waals surface area contributed by atoms with Crippen LogP contribution in [0.3, 0.4) is 0 Å². The third-order valence-corrected chi connectivity index (χ3v) is 2.73. The molecule has 0 spiro atoms. The molecular weight excluding hydrogens is 292 g/mol. The maximum Gasteiger partial charge on any atom is 0.277 e. The van der Waals surface area contributed by atoms with Crippen LogP contribution in [0.25, 0.3) is 0 Å². The number of para-hydroxylation sites is 1. The zero-order valence-electron chi connectivity index (χ0n) is 11.0. The van der Waals surface area contributed by atoms with Crippen LogP contribution in [-0.4, -0.2) is 23.8 Å². The summed E-state index contributed by atoms with van der Waals surface area (Å²) in [4.78, 5) is 11.5. The minimum absolute atomic E-state index is 0.0886. The predicted molar refractivity (Wildman–Crippen MR) is 80.8 cm³/mol. The third-order valence-electron chi connectivity index (χ3n) is 2.50. The second-order valence-corrected chi connectivity index (χ2v) is 4.53. The van der Waals surface area contributed by atoms with E-state index >= 15 is 0 Å². The summed E-state index contributed by atoms with van der Waals surface area (Å²) in [5, 5.41) is 13.8. The SMILES string of the molecule is O=C(COc1cccc(Cl)c1)NN=Cc1ccccc1O. The Kier molecular flexibility index (Phi) is 5.17. The van der Waals surface area contributed by atoms with Gasteiger partial charge in [-0.1, -0.05) is 29.8 Å². The number of carbonyl (C=O) groups is 1. The fraction of sp³-hybridized carbons (Fsp3) is 0.0667. The number of phenolic OH excluding ortho intramolecular Hbond substituents is 1. The zero-order chi connectivity index (χ0) is 15.1. The van der Waals surface area contributed by atoms with Crippen LogP contribution < -0.4 is 10.2 Å². The summed E-state index contributed by atoms with van der Waals surface area (Å²) in [6.07, 6.45) is 1.35. The number of hydrogen-bond donors (Lipinski definition) is 2. The van der Waals surface area contributed by atoms with E-state index in [1.54, 1.807) is 42.5 Å². The average Bonchev–Trinajstić information content (AvgIpc) is 2.47. The van der Waals surface area contributed by atoms with Crippen molar-refractivity contribution in [3.05, 3.63) is 59.1 Å². The lowest BCUT2D eigenvalue weighted by molar-refractivity contribution is -0.123. The molecule has 6 heteroatoms. The molecule has 5 nitrogen and oxygen atoms in total. The van der Waals surface area contributed by atoms with E-state index in [1.807, 2.05) is 0 Å². The van der Waals surface area contributed by atoms with Gasteiger partial charge in [0.1, 0.15) is 11.5 Å². The van der Waals surface area contributed by atoms with Gasteiger partial charge in [-0.15, -0.1) is 0 Å². The normalized spacial score (nSPS) is 10.5. The zero-order valence-corrected chi connectivity index (χ0v) is 11.7. The van der Waals surface area contributed by atoms with Crippen LogP contribution in [-0.2, 0) is 4.79 Å². The first-order valence-corrected chi connectivity index (χ1v) is 6.51. The van der Waals surface area contributed by atoms with Crippen LogP contribution in [0, 0.1) is 0 Å². The number of rotatable bonds is 5. The van der Waals surface area contributed by atoms with E-state index in [4.69, 9.17) is 16.3 Å². The minimum atomic E-state index is -0.415. The standard InChI is InChI=1S/C15H13ClN2O3/c16-12-5-3-6-13(8-12)21-10-15(20)18-17-9-11-4-1-2-7-14(11)19/h1-9,19H,10H2,(H,18,20). The van der Waals surface area contributed by atoms with Crippen LogP contribution in [0.2, 0.25) is 5.02 Å². The van der Waals surface area contributed by atoms with Crippen molar-refractivity contribution in [3.63, 3.8) is 0 Å². The number of phenols is 1. The first-order valence-electron chi connectivity index (χ1n) is 6.13. The maximum atomic E-state index is 11.5. The maximum absolute atomic E-state index is 11.5. The molecule has 0 saturated carbocycles. The molecule has 0 aliphatic heterocycles. The molecule has 0 aliphatic carbocycles. The predicted octanol–water partition coefficient (Wildman–Crippen LogP) is 2.57. The van der Waals surface area contributed by atoms with Gasteiger partial charge < -0.3 is 9.84 Å². The summed E-state index contributed by atoms with van der Waals surface area (Å²) < 4.78 is 5.26. The molecule has 2 rings (SSSR count). The van der Waals surface area contributed by atoms with Gasteiger partial charge >= 0.3 is 0 Å². The lowest BCUT2D eigenvalue weighted by Crippen LogP contribution is -2.24. The number of hydrazone groups is 1. The number of hydrogen-bond acceptors (Lipinski definition) is 4. The molecule has 0 fully saturated rings. The van der Waals surface area contributed by atoms with Crippen molar-refractivity contribution >= 4 is 23.7 Å². The minimum Gasteiger partial charge on any atom is -0.507 e. The quantitative estimate of drug-likeness (QED) is 0.659. The van der Waals surface area contributed by atoms with E-state index in [9.17, 15) is 9.90 Å². The Labute approximate surface area is 126 Å². The highest BCUT2D eigenvalue weighted by Crippen LogP contribution is 2.16. The Morgan fingerprint density at radius 1 is 1.29 bits per heavy atom. The lowest BCUT2D eigenvalue weighted by Gasteiger charge is -2.05. The van der Waals surface area contributed by atoms with E-state index in [1.165, 1.54) is 12.3 Å². The number of nitrogens with zero attached hydrogens (tertiary/aromatic N) is 1. The number of carbonyl (C=O) groups excluding carboxylic acids is 1. The summed E-state index contributed by atoms with van der Waals surface area (Å²) in [6.45, 7) is -0.182. The Hall–Kier alpha value is -2.53. The van der Waals surface area contributed by atoms with Crippen molar-refractivity contribution in [1.82, 2.24) is 5.43 Å². The molecule has 0 heterocycles. The second kappa shape index (κ2) is 7.31. The van der Waals surface area contributed by atoms with Crippen molar-refractivity contribution in [2.75, 3.05) is 6.61 Å². The molecule has 0 saturated heterocycles. The summed E-state index contributed by atoms with van der Waals surface area (Å²) in [5.41, 5.74) is 2.81. The Morgan fingerprint density at radius 2 is 2.10 bits per heavy atom. The van der Waals surface area contributed by atoms with Crippen molar-refractivity contribution < 1.29 is 14.6 Å². The van der Waals surface area contributed by atoms with Crippen molar-refractivity contribution in [3.8, 4) is 11.5 Å². The molecule has 108 valence electrons. The van der Waals surface area contributed by atoms with Gasteiger partial charge in [-0.3, -0.25) is 4.79 Å². The number of nitrogens with one attached hydrogen (secondary N) is 1. The summed E-state index contributed by atoms with van der Waals surface area (Å²) in [6, 6.07) is 13.4. The second-order valence-electron chi connectivity index (χ2n) is 4.10. The van der Waals surface area contributed by atoms with E-state index in [2.05, 4.69) is 10.5 Å². The van der Waals surface area contributed by atoms with E-state index in [-0.39, 0.29) is 12.4 Å². The van der Waals surface area contributed by atoms with Gasteiger partial charge in [0.25, 0.3) is 5.91 Å². The smallest absolute Gasteiger partial charge is 0.277 e. The highest BCUT2D eigenvalue weighted by molar-refractivity contribution is 6.30. The highest BCUT2D eigenvalue weighted by Gasteiger charge is 2.02. The van der Waals surface area contributed by atoms with Crippen LogP contribution in [0.5, 0.6) is 11.5 Å². The van der Waals surface area contributed by atoms with Gasteiger partial charge in [0.15, 0.2) is 6.61 Å². The van der Waals surface area contributed by atoms with Crippen LogP contribution in [0.4, 0.5) is 0 Å². The van der Waals surface area contributed by atoms with Crippen molar-refractivity contribution in [1.29, 1.82) is 0 Å². The molecule has 0 aliphatic rings. The number of halogens is 1. The van der Waals surface area contributed by atoms with Crippen molar-refractivity contribution in [2.24, 2.45) is 5.10 Å². The average molecular weight is 305 g/mol. The van der Waals surface area contributed by atoms with E-state index < -0.39 is 5.91 Å². The Balaban J connectivity index is 1.81. The first-order chi connectivity index (χ1) is 10.1. The molecule has 2 aromatic carbocycles. The van der Waals surface area contributed by atoms with Gasteiger partial charge in [-0.2, -0.15) is 5.10 Å². The van der Waals surface area contributed by atoms with Gasteiger partial charge in [-0.25, -0.2) is 5.43 Å². The molecule has 0 atom stereocenters. The van der Waals surface area contributed by atoms with Crippen LogP contribution in [0.15, 0.2) is 53.6 Å². The fourth-order valence-corrected chi connectivity index (χ4v) is 1.69. The third kappa shape index (κ3) is 4.81. The number of amides is 1. The van der Waals surface area contributed by atoms with Crippen LogP contribution in [0.1, 0.15) is 5.56 Å². The number of benzene rings is 2. The largest absolute Gasteiger partial charge is 0.507 e. The monoisotopic (exact) mass is 304 g/mol. The first kappa shape index (κ1) is 14.9. The van der Waals surface area contributed by atoms with E-state index in [0.29, 0.717) is 16.3 Å². The van der Waals surface area contributed by atoms with Crippen molar-refractivity contribution in [2.45, 2.75) is 0 Å². The molecule has 2 N–H and O–H groups in total. The molecule has 1 amide bonds. The summed E-state index contributed by atoms with van der Waals surface area (Å²) in [7, 11) is 0. The van der Waals surface area contributed by atoms with Crippen LogP contribution >= 0.6 is 11.6 Å². The molecular formula is C15H13ClN2O3. The van der Waals surface area contributed by atoms with Gasteiger partial charge in [0.2, 0.25) is 0 Å². The fourth-order valence-electron chi connectivity index (χ4n) is 1.51. The number of aromatic hydroxyl groups is 1. The summed E-state index contributed by atoms with van der Waals surface area (Å²) in [5.74, 6) is 0.176. The molecule has 0 bridgehead atoms. The molecule has 2 aromatic rings. The van der Waals surface area contributed by atoms with E-state index in [0.717, 1.165) is 0 Å². The molecule has 0 aromatic heterocycles. The summed E-state index contributed by atoms with van der Waals surface area (Å²) >= 11 is 5.80. The van der Waals surface area contributed by atoms with Gasteiger partial charge in [0, 0.05) is 10.6 Å². The molecule has 0 radical (unpaired) electrons. The molecule has 0 unspecified atom stereocenters. The van der Waals surface area contributed by atoms with Gasteiger partial charge in [-0.05, 0) is 30.3 Å². The number of ether oxygens (including phenoxy) is 1.